The first-order valence-corrected chi connectivity index (χ1v) is 6.69. The Hall–Kier alpha value is -1.89. The summed E-state index contributed by atoms with van der Waals surface area (Å²) < 4.78 is 0. The van der Waals surface area contributed by atoms with E-state index in [1.165, 1.54) is 11.2 Å². The van der Waals surface area contributed by atoms with Crippen molar-refractivity contribution in [2.75, 3.05) is 13.1 Å². The van der Waals surface area contributed by atoms with E-state index < -0.39 is 18.0 Å². The van der Waals surface area contributed by atoms with Gasteiger partial charge in [0.2, 0.25) is 5.91 Å². The van der Waals surface area contributed by atoms with Crippen LogP contribution in [-0.2, 0) is 9.59 Å². The lowest BCUT2D eigenvalue weighted by Gasteiger charge is -2.48. The van der Waals surface area contributed by atoms with E-state index in [1.807, 2.05) is 4.90 Å². The van der Waals surface area contributed by atoms with Crippen molar-refractivity contribution >= 4 is 18.2 Å². The molecule has 0 aromatic heterocycles. The third-order valence-electron chi connectivity index (χ3n) is 4.60. The van der Waals surface area contributed by atoms with E-state index in [-0.39, 0.29) is 23.6 Å². The van der Waals surface area contributed by atoms with Gasteiger partial charge in [-0.15, -0.1) is 0 Å². The van der Waals surface area contributed by atoms with Crippen molar-refractivity contribution in [1.82, 2.24) is 9.80 Å². The molecule has 0 bridgehead atoms. The van der Waals surface area contributed by atoms with Crippen molar-refractivity contribution in [2.45, 2.75) is 25.5 Å². The van der Waals surface area contributed by atoms with Crippen molar-refractivity contribution in [2.24, 2.45) is 11.8 Å². The lowest BCUT2D eigenvalue weighted by atomic mass is 9.75. The summed E-state index contributed by atoms with van der Waals surface area (Å²) in [5.74, 6) is -2.00. The predicted molar refractivity (Wildman–Crippen MR) is 68.9 cm³/mol. The van der Waals surface area contributed by atoms with E-state index in [0.717, 1.165) is 5.57 Å². The van der Waals surface area contributed by atoms with Gasteiger partial charge in [-0.2, -0.15) is 0 Å². The standard InChI is InChI=1S/C13H17N3O4/c1-6(17)9-10-8-4-15(5-14)3-2-7(8)11(13(19)20)16(10)12(9)18/h5-6,8-10,14,17H,2-4H2,1H3,(H,19,20)/t6-,8+,9-,10-/m1/s1. The van der Waals surface area contributed by atoms with Crippen LogP contribution in [0.1, 0.15) is 13.3 Å². The second kappa shape index (κ2) is 4.31. The van der Waals surface area contributed by atoms with Crippen LogP contribution < -0.4 is 0 Å². The number of aliphatic hydroxyl groups excluding tert-OH is 1. The van der Waals surface area contributed by atoms with Crippen LogP contribution >= 0.6 is 0 Å². The fourth-order valence-electron chi connectivity index (χ4n) is 3.74. The average Bonchev–Trinajstić information content (AvgIpc) is 2.68. The Balaban J connectivity index is 1.99. The van der Waals surface area contributed by atoms with E-state index in [0.29, 0.717) is 19.5 Å². The number of likely N-dealkylation sites (tertiary alicyclic amines) is 1. The number of aliphatic carboxylic acids is 1. The third kappa shape index (κ3) is 1.53. The summed E-state index contributed by atoms with van der Waals surface area (Å²) in [5, 5.41) is 26.5. The van der Waals surface area contributed by atoms with Crippen molar-refractivity contribution in [3.05, 3.63) is 11.3 Å². The Morgan fingerprint density at radius 2 is 2.25 bits per heavy atom. The van der Waals surface area contributed by atoms with E-state index in [1.54, 1.807) is 6.92 Å². The van der Waals surface area contributed by atoms with E-state index >= 15 is 0 Å². The molecule has 3 heterocycles. The molecular formula is C13H17N3O4. The van der Waals surface area contributed by atoms with Gasteiger partial charge < -0.3 is 20.0 Å². The zero-order valence-corrected chi connectivity index (χ0v) is 11.1. The normalized spacial score (nSPS) is 33.5. The molecule has 2 fully saturated rings. The number of carboxylic acid groups (broad SMARTS) is 1. The summed E-state index contributed by atoms with van der Waals surface area (Å²) in [7, 11) is 0. The van der Waals surface area contributed by atoms with E-state index in [9.17, 15) is 19.8 Å². The number of carbonyl (C=O) groups is 2. The topological polar surface area (TPSA) is 105 Å². The maximum Gasteiger partial charge on any atom is 0.352 e. The molecule has 0 saturated carbocycles. The first-order valence-electron chi connectivity index (χ1n) is 6.69. The van der Waals surface area contributed by atoms with Crippen LogP contribution in [0.25, 0.3) is 0 Å². The zero-order valence-electron chi connectivity index (χ0n) is 11.1. The van der Waals surface area contributed by atoms with Gasteiger partial charge in [-0.1, -0.05) is 0 Å². The lowest BCUT2D eigenvalue weighted by Crippen LogP contribution is -2.65. The Morgan fingerprint density at radius 1 is 1.55 bits per heavy atom. The molecule has 0 aromatic carbocycles. The minimum atomic E-state index is -1.08. The van der Waals surface area contributed by atoms with Crippen molar-refractivity contribution in [3.8, 4) is 0 Å². The second-order valence-corrected chi connectivity index (χ2v) is 5.62. The molecule has 3 aliphatic heterocycles. The molecule has 0 spiro atoms. The molecule has 4 atom stereocenters. The van der Waals surface area contributed by atoms with Crippen LogP contribution in [-0.4, -0.2) is 63.5 Å². The van der Waals surface area contributed by atoms with E-state index in [4.69, 9.17) is 5.41 Å². The highest BCUT2D eigenvalue weighted by Crippen LogP contribution is 2.49. The van der Waals surface area contributed by atoms with Gasteiger partial charge in [0, 0.05) is 19.0 Å². The molecule has 2 saturated heterocycles. The first kappa shape index (κ1) is 13.1. The molecule has 0 aliphatic carbocycles. The molecule has 7 nitrogen and oxygen atoms in total. The number of carbonyl (C=O) groups excluding carboxylic acids is 1. The molecule has 1 amide bonds. The fraction of sp³-hybridized carbons (Fsp3) is 0.615. The van der Waals surface area contributed by atoms with Gasteiger partial charge in [0.15, 0.2) is 0 Å². The number of piperidine rings is 1. The molecule has 3 rings (SSSR count). The molecule has 0 radical (unpaired) electrons. The highest BCUT2D eigenvalue weighted by molar-refractivity contribution is 6.00. The van der Waals surface area contributed by atoms with Gasteiger partial charge in [0.1, 0.15) is 5.70 Å². The van der Waals surface area contributed by atoms with Gasteiger partial charge in [-0.25, -0.2) is 4.79 Å². The van der Waals surface area contributed by atoms with Crippen molar-refractivity contribution in [1.29, 1.82) is 5.41 Å². The van der Waals surface area contributed by atoms with Crippen LogP contribution in [0, 0.1) is 17.2 Å². The number of rotatable bonds is 3. The number of nitrogens with one attached hydrogen (secondary N) is 1. The van der Waals surface area contributed by atoms with Crippen molar-refractivity contribution < 1.29 is 19.8 Å². The Labute approximate surface area is 116 Å². The van der Waals surface area contributed by atoms with Gasteiger partial charge in [-0.05, 0) is 18.9 Å². The minimum Gasteiger partial charge on any atom is -0.477 e. The maximum atomic E-state index is 12.1. The van der Waals surface area contributed by atoms with E-state index in [2.05, 4.69) is 0 Å². The smallest absolute Gasteiger partial charge is 0.352 e. The Kier molecular flexibility index (Phi) is 2.82. The van der Waals surface area contributed by atoms with Crippen LogP contribution in [0.2, 0.25) is 0 Å². The number of fused-ring (bicyclic) bond motifs is 3. The van der Waals surface area contributed by atoms with Gasteiger partial charge in [0.25, 0.3) is 0 Å². The molecule has 3 aliphatic rings. The quantitative estimate of drug-likeness (QED) is 0.366. The molecule has 0 aromatic rings. The number of nitrogens with zero attached hydrogens (tertiary/aromatic N) is 2. The number of amides is 1. The third-order valence-corrected chi connectivity index (χ3v) is 4.60. The molecule has 108 valence electrons. The molecule has 0 unspecified atom stereocenters. The summed E-state index contributed by atoms with van der Waals surface area (Å²) in [6.45, 7) is 2.70. The largest absolute Gasteiger partial charge is 0.477 e. The molecular weight excluding hydrogens is 262 g/mol. The first-order chi connectivity index (χ1) is 9.47. The number of aliphatic hydroxyl groups is 1. The SMILES string of the molecule is C[C@@H](O)[C@H]1C(=O)N2C(C(=O)O)=C3CCN(C=N)C[C@@H]3[C@H]12. The summed E-state index contributed by atoms with van der Waals surface area (Å²) >= 11 is 0. The predicted octanol–water partition coefficient (Wildman–Crippen LogP) is -0.525. The van der Waals surface area contributed by atoms with Gasteiger partial charge in [0.05, 0.1) is 24.4 Å². The number of hydrogen-bond donors (Lipinski definition) is 3. The minimum absolute atomic E-state index is 0.0891. The van der Waals surface area contributed by atoms with Crippen LogP contribution in [0.4, 0.5) is 0 Å². The Bertz CT molecular complexity index is 528. The maximum absolute atomic E-state index is 12.1. The number of carboxylic acids is 1. The second-order valence-electron chi connectivity index (χ2n) is 5.62. The van der Waals surface area contributed by atoms with Gasteiger partial charge in [-0.3, -0.25) is 10.2 Å². The fourth-order valence-corrected chi connectivity index (χ4v) is 3.74. The van der Waals surface area contributed by atoms with Crippen LogP contribution in [0.5, 0.6) is 0 Å². The summed E-state index contributed by atoms with van der Waals surface area (Å²) in [6.07, 6.45) is 1.01. The van der Waals surface area contributed by atoms with Crippen LogP contribution in [0.3, 0.4) is 0 Å². The molecule has 20 heavy (non-hydrogen) atoms. The summed E-state index contributed by atoms with van der Waals surface area (Å²) in [5.41, 5.74) is 0.892. The lowest BCUT2D eigenvalue weighted by molar-refractivity contribution is -0.163. The zero-order chi connectivity index (χ0) is 14.6. The summed E-state index contributed by atoms with van der Waals surface area (Å²) in [4.78, 5) is 26.7. The number of β-lactam (4-membered cyclic amide) rings is 1. The average molecular weight is 279 g/mol. The Morgan fingerprint density at radius 3 is 2.80 bits per heavy atom. The summed E-state index contributed by atoms with van der Waals surface area (Å²) in [6, 6.07) is -0.272. The van der Waals surface area contributed by atoms with Gasteiger partial charge >= 0.3 is 5.97 Å². The monoisotopic (exact) mass is 279 g/mol. The molecule has 3 N–H and O–H groups in total. The van der Waals surface area contributed by atoms with Crippen molar-refractivity contribution in [3.63, 3.8) is 0 Å². The highest BCUT2D eigenvalue weighted by atomic mass is 16.4. The molecule has 7 heteroatoms. The number of hydrogen-bond acceptors (Lipinski definition) is 4. The highest BCUT2D eigenvalue weighted by Gasteiger charge is 2.61. The van der Waals surface area contributed by atoms with Crippen LogP contribution in [0.15, 0.2) is 11.3 Å².